The first-order chi connectivity index (χ1) is 10.5. The minimum absolute atomic E-state index is 0.0892. The molecule has 5 nitrogen and oxygen atoms in total. The Morgan fingerprint density at radius 2 is 2.23 bits per heavy atom. The molecule has 0 saturated heterocycles. The Hall–Kier alpha value is -2.51. The summed E-state index contributed by atoms with van der Waals surface area (Å²) in [5.74, 6) is -1.69. The molecule has 0 unspecified atom stereocenters. The maximum Gasteiger partial charge on any atom is 0.387 e. The molecular weight excluding hydrogens is 299 g/mol. The Balaban J connectivity index is 1.86. The summed E-state index contributed by atoms with van der Waals surface area (Å²) in [6, 6.07) is 2.98. The first-order valence-electron chi connectivity index (χ1n) is 6.59. The summed E-state index contributed by atoms with van der Waals surface area (Å²) < 4.78 is 42.3. The standard InChI is InChI=1S/C14H12F3N3O2/c15-9-1-2-10(12(5-9)22-14(16)17)13(21)20-4-3-11-8(7-20)6-18-19-11/h1-2,5-6,14H,3-4,7H2,(H,18,19). The molecule has 1 amide bonds. The van der Waals surface area contributed by atoms with Crippen molar-refractivity contribution in [2.45, 2.75) is 19.6 Å². The molecule has 0 fully saturated rings. The van der Waals surface area contributed by atoms with E-state index in [0.717, 1.165) is 29.5 Å². The van der Waals surface area contributed by atoms with E-state index in [1.165, 1.54) is 4.90 Å². The number of carbonyl (C=O) groups excluding carboxylic acids is 1. The van der Waals surface area contributed by atoms with Crippen LogP contribution in [-0.2, 0) is 13.0 Å². The van der Waals surface area contributed by atoms with Crippen LogP contribution in [0.3, 0.4) is 0 Å². The quantitative estimate of drug-likeness (QED) is 0.946. The van der Waals surface area contributed by atoms with Gasteiger partial charge in [0.15, 0.2) is 0 Å². The third-order valence-electron chi connectivity index (χ3n) is 3.48. The van der Waals surface area contributed by atoms with Gasteiger partial charge in [-0.3, -0.25) is 9.89 Å². The number of benzene rings is 1. The minimum atomic E-state index is -3.13. The zero-order valence-corrected chi connectivity index (χ0v) is 11.4. The summed E-state index contributed by atoms with van der Waals surface area (Å²) >= 11 is 0. The van der Waals surface area contributed by atoms with Crippen molar-refractivity contribution in [3.05, 3.63) is 47.0 Å². The fourth-order valence-electron chi connectivity index (χ4n) is 2.43. The highest BCUT2D eigenvalue weighted by Crippen LogP contribution is 2.26. The normalized spacial score (nSPS) is 14.1. The van der Waals surface area contributed by atoms with E-state index in [-0.39, 0.29) is 5.56 Å². The van der Waals surface area contributed by atoms with Crippen LogP contribution in [0.5, 0.6) is 5.75 Å². The monoisotopic (exact) mass is 311 g/mol. The molecule has 8 heteroatoms. The molecule has 0 aliphatic carbocycles. The lowest BCUT2D eigenvalue weighted by Crippen LogP contribution is -2.36. The third-order valence-corrected chi connectivity index (χ3v) is 3.48. The first-order valence-corrected chi connectivity index (χ1v) is 6.59. The van der Waals surface area contributed by atoms with Gasteiger partial charge in [0.25, 0.3) is 5.91 Å². The number of aromatic nitrogens is 2. The van der Waals surface area contributed by atoms with Crippen molar-refractivity contribution in [3.63, 3.8) is 0 Å². The highest BCUT2D eigenvalue weighted by Gasteiger charge is 2.26. The Morgan fingerprint density at radius 1 is 1.41 bits per heavy atom. The molecule has 1 aromatic heterocycles. The number of carbonyl (C=O) groups is 1. The summed E-state index contributed by atoms with van der Waals surface area (Å²) in [5, 5.41) is 6.74. The van der Waals surface area contributed by atoms with Gasteiger partial charge in [-0.2, -0.15) is 13.9 Å². The summed E-state index contributed by atoms with van der Waals surface area (Å²) in [4.78, 5) is 14.0. The summed E-state index contributed by atoms with van der Waals surface area (Å²) in [7, 11) is 0. The van der Waals surface area contributed by atoms with Crippen molar-refractivity contribution in [3.8, 4) is 5.75 Å². The molecule has 3 rings (SSSR count). The first kappa shape index (κ1) is 14.4. The van der Waals surface area contributed by atoms with Gasteiger partial charge in [-0.05, 0) is 12.1 Å². The number of alkyl halides is 2. The number of H-pyrrole nitrogens is 1. The number of halogens is 3. The number of hydrogen-bond donors (Lipinski definition) is 1. The van der Waals surface area contributed by atoms with Crippen molar-refractivity contribution in [2.24, 2.45) is 0 Å². The highest BCUT2D eigenvalue weighted by molar-refractivity contribution is 5.97. The molecule has 0 atom stereocenters. The van der Waals surface area contributed by atoms with Gasteiger partial charge in [0.2, 0.25) is 0 Å². The molecule has 0 spiro atoms. The maximum atomic E-state index is 13.2. The molecule has 0 saturated carbocycles. The molecule has 2 aromatic rings. The maximum absolute atomic E-state index is 13.2. The zero-order valence-electron chi connectivity index (χ0n) is 11.4. The van der Waals surface area contributed by atoms with Crippen molar-refractivity contribution >= 4 is 5.91 Å². The number of fused-ring (bicyclic) bond motifs is 1. The van der Waals surface area contributed by atoms with E-state index in [2.05, 4.69) is 14.9 Å². The highest BCUT2D eigenvalue weighted by atomic mass is 19.3. The van der Waals surface area contributed by atoms with Crippen molar-refractivity contribution in [2.75, 3.05) is 6.54 Å². The van der Waals surface area contributed by atoms with Crippen LogP contribution in [0, 0.1) is 5.82 Å². The SMILES string of the molecule is O=C(c1ccc(F)cc1OC(F)F)N1CCc2[nH]ncc2C1. The van der Waals surface area contributed by atoms with Gasteiger partial charge < -0.3 is 9.64 Å². The molecule has 1 aromatic carbocycles. The number of amides is 1. The largest absolute Gasteiger partial charge is 0.434 e. The van der Waals surface area contributed by atoms with E-state index in [9.17, 15) is 18.0 Å². The minimum Gasteiger partial charge on any atom is -0.434 e. The van der Waals surface area contributed by atoms with Crippen LogP contribution in [0.2, 0.25) is 0 Å². The van der Waals surface area contributed by atoms with Crippen LogP contribution in [0.1, 0.15) is 21.6 Å². The molecule has 1 aliphatic rings. The van der Waals surface area contributed by atoms with E-state index < -0.39 is 24.1 Å². The molecule has 2 heterocycles. The number of nitrogens with one attached hydrogen (secondary N) is 1. The molecule has 116 valence electrons. The number of rotatable bonds is 3. The van der Waals surface area contributed by atoms with Crippen LogP contribution in [0.25, 0.3) is 0 Å². The van der Waals surface area contributed by atoms with E-state index in [1.807, 2.05) is 0 Å². The number of aromatic amines is 1. The second kappa shape index (κ2) is 5.70. The van der Waals surface area contributed by atoms with Crippen molar-refractivity contribution in [1.82, 2.24) is 15.1 Å². The van der Waals surface area contributed by atoms with E-state index in [4.69, 9.17) is 0 Å². The molecule has 0 radical (unpaired) electrons. The summed E-state index contributed by atoms with van der Waals surface area (Å²) in [5.41, 5.74) is 1.74. The predicted octanol–water partition coefficient (Wildman–Crippen LogP) is 2.35. The van der Waals surface area contributed by atoms with Gasteiger partial charge in [0.1, 0.15) is 11.6 Å². The van der Waals surface area contributed by atoms with Crippen molar-refractivity contribution in [1.29, 1.82) is 0 Å². The van der Waals surface area contributed by atoms with Crippen LogP contribution in [-0.4, -0.2) is 34.2 Å². The topological polar surface area (TPSA) is 58.2 Å². The van der Waals surface area contributed by atoms with Crippen molar-refractivity contribution < 1.29 is 22.7 Å². The molecule has 22 heavy (non-hydrogen) atoms. The number of nitrogens with zero attached hydrogens (tertiary/aromatic N) is 2. The second-order valence-electron chi connectivity index (χ2n) is 4.87. The molecule has 0 bridgehead atoms. The van der Waals surface area contributed by atoms with Gasteiger partial charge in [-0.1, -0.05) is 0 Å². The zero-order chi connectivity index (χ0) is 15.7. The smallest absolute Gasteiger partial charge is 0.387 e. The molecular formula is C14H12F3N3O2. The van der Waals surface area contributed by atoms with Gasteiger partial charge >= 0.3 is 6.61 Å². The summed E-state index contributed by atoms with van der Waals surface area (Å²) in [6.07, 6.45) is 2.21. The average Bonchev–Trinajstić information content (AvgIpc) is 2.93. The lowest BCUT2D eigenvalue weighted by Gasteiger charge is -2.27. The van der Waals surface area contributed by atoms with E-state index >= 15 is 0 Å². The van der Waals surface area contributed by atoms with Gasteiger partial charge in [-0.25, -0.2) is 4.39 Å². The van der Waals surface area contributed by atoms with Gasteiger partial charge in [0, 0.05) is 36.8 Å². The number of hydrogen-bond acceptors (Lipinski definition) is 3. The Bertz CT molecular complexity index is 702. The Kier molecular flexibility index (Phi) is 3.74. The lowest BCUT2D eigenvalue weighted by molar-refractivity contribution is -0.0504. The average molecular weight is 311 g/mol. The Morgan fingerprint density at radius 3 is 3.00 bits per heavy atom. The van der Waals surface area contributed by atoms with Gasteiger partial charge in [0.05, 0.1) is 11.8 Å². The van der Waals surface area contributed by atoms with Gasteiger partial charge in [-0.15, -0.1) is 0 Å². The summed E-state index contributed by atoms with van der Waals surface area (Å²) in [6.45, 7) is -2.40. The lowest BCUT2D eigenvalue weighted by atomic mass is 10.1. The van der Waals surface area contributed by atoms with E-state index in [0.29, 0.717) is 19.5 Å². The van der Waals surface area contributed by atoms with Crippen LogP contribution < -0.4 is 4.74 Å². The molecule has 1 N–H and O–H groups in total. The van der Waals surface area contributed by atoms with Crippen LogP contribution in [0.15, 0.2) is 24.4 Å². The second-order valence-corrected chi connectivity index (χ2v) is 4.87. The fourth-order valence-corrected chi connectivity index (χ4v) is 2.43. The van der Waals surface area contributed by atoms with Crippen LogP contribution >= 0.6 is 0 Å². The predicted molar refractivity (Wildman–Crippen MR) is 70.1 cm³/mol. The fraction of sp³-hybridized carbons (Fsp3) is 0.286. The van der Waals surface area contributed by atoms with Crippen LogP contribution in [0.4, 0.5) is 13.2 Å². The Labute approximate surface area is 123 Å². The third kappa shape index (κ3) is 2.76. The molecule has 1 aliphatic heterocycles. The number of ether oxygens (including phenoxy) is 1. The van der Waals surface area contributed by atoms with E-state index in [1.54, 1.807) is 6.20 Å².